The van der Waals surface area contributed by atoms with Crippen molar-refractivity contribution < 1.29 is 19.2 Å². The summed E-state index contributed by atoms with van der Waals surface area (Å²) in [5, 5.41) is 11.3. The first-order chi connectivity index (χ1) is 11.2. The average Bonchev–Trinajstić information content (AvgIpc) is 2.53. The number of nitro benzene ring substituents is 1. The molecule has 0 spiro atoms. The maximum Gasteiger partial charge on any atom is 0.286 e. The van der Waals surface area contributed by atoms with Crippen LogP contribution in [0.3, 0.4) is 0 Å². The van der Waals surface area contributed by atoms with Gasteiger partial charge in [0.15, 0.2) is 11.5 Å². The lowest BCUT2D eigenvalue weighted by atomic mass is 9.93. The van der Waals surface area contributed by atoms with Crippen molar-refractivity contribution in [1.82, 2.24) is 4.90 Å². The summed E-state index contributed by atoms with van der Waals surface area (Å²) in [6.45, 7) is 6.72. The van der Waals surface area contributed by atoms with Crippen LogP contribution in [0.4, 0.5) is 5.69 Å². The molecule has 0 heterocycles. The van der Waals surface area contributed by atoms with Gasteiger partial charge in [-0.1, -0.05) is 13.8 Å². The number of nitrogens with two attached hydrogens (primary N) is 1. The molecule has 1 aromatic carbocycles. The molecule has 0 aromatic heterocycles. The highest BCUT2D eigenvalue weighted by atomic mass is 35.5. The molecule has 25 heavy (non-hydrogen) atoms. The zero-order chi connectivity index (χ0) is 18.5. The largest absolute Gasteiger partial charge is 0.493 e. The second-order valence-corrected chi connectivity index (χ2v) is 6.24. The molecular formula is C16H26ClN3O5. The first kappa shape index (κ1) is 22.9. The van der Waals surface area contributed by atoms with Crippen molar-refractivity contribution in [3.8, 4) is 11.5 Å². The molecule has 1 amide bonds. The highest BCUT2D eigenvalue weighted by Gasteiger charge is 2.29. The van der Waals surface area contributed by atoms with Crippen LogP contribution in [0.25, 0.3) is 0 Å². The Bertz CT molecular complexity index is 622. The van der Waals surface area contributed by atoms with Crippen LogP contribution < -0.4 is 15.2 Å². The molecule has 0 saturated heterocycles. The highest BCUT2D eigenvalue weighted by molar-refractivity contribution is 5.99. The van der Waals surface area contributed by atoms with Crippen LogP contribution in [0.5, 0.6) is 11.5 Å². The van der Waals surface area contributed by atoms with E-state index in [1.54, 1.807) is 14.0 Å². The number of amides is 1. The number of ether oxygens (including phenoxy) is 2. The summed E-state index contributed by atoms with van der Waals surface area (Å²) in [4.78, 5) is 24.9. The molecule has 0 bridgehead atoms. The Morgan fingerprint density at radius 3 is 2.40 bits per heavy atom. The fourth-order valence-corrected chi connectivity index (χ4v) is 2.28. The van der Waals surface area contributed by atoms with Crippen LogP contribution in [0.15, 0.2) is 12.1 Å². The van der Waals surface area contributed by atoms with Crippen molar-refractivity contribution in [2.45, 2.75) is 20.8 Å². The Balaban J connectivity index is 0.00000576. The Morgan fingerprint density at radius 2 is 1.96 bits per heavy atom. The van der Waals surface area contributed by atoms with Crippen molar-refractivity contribution in [1.29, 1.82) is 0 Å². The number of halogens is 1. The first-order valence-electron chi connectivity index (χ1n) is 7.61. The highest BCUT2D eigenvalue weighted by Crippen LogP contribution is 2.35. The summed E-state index contributed by atoms with van der Waals surface area (Å²) in [5.74, 6) is 0.0392. The summed E-state index contributed by atoms with van der Waals surface area (Å²) in [7, 11) is 2.98. The minimum Gasteiger partial charge on any atom is -0.493 e. The predicted octanol–water partition coefficient (Wildman–Crippen LogP) is 2.48. The van der Waals surface area contributed by atoms with E-state index < -0.39 is 10.8 Å². The molecule has 1 aromatic rings. The lowest BCUT2D eigenvalue weighted by molar-refractivity contribution is -0.385. The number of nitrogens with zero attached hydrogens (tertiary/aromatic N) is 2. The van der Waals surface area contributed by atoms with Crippen LogP contribution >= 0.6 is 12.4 Å². The van der Waals surface area contributed by atoms with E-state index in [0.29, 0.717) is 25.4 Å². The molecule has 0 aliphatic heterocycles. The Hall–Kier alpha value is -2.06. The summed E-state index contributed by atoms with van der Waals surface area (Å²) in [6.07, 6.45) is 0. The minimum atomic E-state index is -0.604. The fourth-order valence-electron chi connectivity index (χ4n) is 2.28. The van der Waals surface area contributed by atoms with E-state index in [4.69, 9.17) is 15.2 Å². The molecule has 9 heteroatoms. The molecule has 0 unspecified atom stereocenters. The van der Waals surface area contributed by atoms with Crippen LogP contribution in [-0.4, -0.2) is 49.6 Å². The fraction of sp³-hybridized carbons (Fsp3) is 0.562. The van der Waals surface area contributed by atoms with Crippen molar-refractivity contribution in [2.24, 2.45) is 11.1 Å². The van der Waals surface area contributed by atoms with Gasteiger partial charge in [-0.05, 0) is 18.9 Å². The summed E-state index contributed by atoms with van der Waals surface area (Å²) < 4.78 is 10.5. The van der Waals surface area contributed by atoms with Gasteiger partial charge in [0.1, 0.15) is 5.56 Å². The Morgan fingerprint density at radius 1 is 1.36 bits per heavy atom. The summed E-state index contributed by atoms with van der Waals surface area (Å²) in [5.41, 5.74) is 5.03. The van der Waals surface area contributed by atoms with E-state index >= 15 is 0 Å². The van der Waals surface area contributed by atoms with Crippen LogP contribution in [-0.2, 0) is 0 Å². The first-order valence-corrected chi connectivity index (χ1v) is 7.61. The third-order valence-electron chi connectivity index (χ3n) is 3.57. The van der Waals surface area contributed by atoms with E-state index in [1.165, 1.54) is 24.1 Å². The second kappa shape index (κ2) is 9.43. The number of rotatable bonds is 8. The molecule has 0 aliphatic rings. The molecule has 0 aliphatic carbocycles. The number of nitro groups is 1. The second-order valence-electron chi connectivity index (χ2n) is 6.24. The quantitative estimate of drug-likeness (QED) is 0.552. The number of carbonyl (C=O) groups excluding carboxylic acids is 1. The van der Waals surface area contributed by atoms with Crippen molar-refractivity contribution in [2.75, 3.05) is 33.9 Å². The van der Waals surface area contributed by atoms with Crippen LogP contribution in [0, 0.1) is 15.5 Å². The average molecular weight is 376 g/mol. The maximum absolute atomic E-state index is 12.7. The summed E-state index contributed by atoms with van der Waals surface area (Å²) >= 11 is 0. The molecule has 142 valence electrons. The minimum absolute atomic E-state index is 0. The molecule has 0 fully saturated rings. The predicted molar refractivity (Wildman–Crippen MR) is 97.9 cm³/mol. The number of methoxy groups -OCH3 is 1. The number of hydrogen-bond donors (Lipinski definition) is 1. The number of carbonyl (C=O) groups is 1. The van der Waals surface area contributed by atoms with Crippen molar-refractivity contribution in [3.63, 3.8) is 0 Å². The lowest BCUT2D eigenvalue weighted by Gasteiger charge is -2.29. The number of hydrogen-bond acceptors (Lipinski definition) is 6. The molecule has 0 atom stereocenters. The van der Waals surface area contributed by atoms with E-state index in [2.05, 4.69) is 0 Å². The molecule has 0 saturated carbocycles. The van der Waals surface area contributed by atoms with Gasteiger partial charge in [0, 0.05) is 19.7 Å². The van der Waals surface area contributed by atoms with Crippen molar-refractivity contribution in [3.05, 3.63) is 27.8 Å². The topological polar surface area (TPSA) is 108 Å². The van der Waals surface area contributed by atoms with Crippen molar-refractivity contribution >= 4 is 24.0 Å². The van der Waals surface area contributed by atoms with E-state index in [-0.39, 0.29) is 34.8 Å². The standard InChI is InChI=1S/C16H25N3O5.ClH/c1-6-24-14-7-11(12(19(21)22)8-13(14)23-5)15(20)18(4)10-16(2,3)9-17;/h7-8H,6,9-10,17H2,1-5H3;1H. The van der Waals surface area contributed by atoms with E-state index in [9.17, 15) is 14.9 Å². The normalized spacial score (nSPS) is 10.6. The van der Waals surface area contributed by atoms with Gasteiger partial charge in [0.05, 0.1) is 24.7 Å². The van der Waals surface area contributed by atoms with Gasteiger partial charge in [0.25, 0.3) is 11.6 Å². The van der Waals surface area contributed by atoms with Gasteiger partial charge >= 0.3 is 0 Å². The SMILES string of the molecule is CCOc1cc(C(=O)N(C)CC(C)(C)CN)c([N+](=O)[O-])cc1OC.Cl. The lowest BCUT2D eigenvalue weighted by Crippen LogP contribution is -2.40. The van der Waals surface area contributed by atoms with Gasteiger partial charge < -0.3 is 20.1 Å². The zero-order valence-electron chi connectivity index (χ0n) is 15.2. The monoisotopic (exact) mass is 375 g/mol. The third-order valence-corrected chi connectivity index (χ3v) is 3.57. The van der Waals surface area contributed by atoms with E-state index in [0.717, 1.165) is 0 Å². The Labute approximate surface area is 153 Å². The van der Waals surface area contributed by atoms with Gasteiger partial charge in [0.2, 0.25) is 0 Å². The molecule has 8 nitrogen and oxygen atoms in total. The molecule has 1 rings (SSSR count). The molecule has 2 N–H and O–H groups in total. The number of benzene rings is 1. The maximum atomic E-state index is 12.7. The van der Waals surface area contributed by atoms with Crippen LogP contribution in [0.2, 0.25) is 0 Å². The van der Waals surface area contributed by atoms with Gasteiger partial charge in [-0.15, -0.1) is 12.4 Å². The van der Waals surface area contributed by atoms with E-state index in [1.807, 2.05) is 13.8 Å². The smallest absolute Gasteiger partial charge is 0.286 e. The van der Waals surface area contributed by atoms with Crippen LogP contribution in [0.1, 0.15) is 31.1 Å². The molecule has 0 radical (unpaired) electrons. The third kappa shape index (κ3) is 5.75. The Kier molecular flexibility index (Phi) is 8.65. The van der Waals surface area contributed by atoms with Gasteiger partial charge in [-0.3, -0.25) is 14.9 Å². The molecular weight excluding hydrogens is 350 g/mol. The summed E-state index contributed by atoms with van der Waals surface area (Å²) in [6, 6.07) is 2.56. The zero-order valence-corrected chi connectivity index (χ0v) is 16.0. The van der Waals surface area contributed by atoms with Gasteiger partial charge in [-0.2, -0.15) is 0 Å². The van der Waals surface area contributed by atoms with Gasteiger partial charge in [-0.25, -0.2) is 0 Å².